The first-order valence-electron chi connectivity index (χ1n) is 10.7. The topological polar surface area (TPSA) is 28.5 Å². The highest BCUT2D eigenvalue weighted by atomic mass is 15.2. The molecule has 3 heteroatoms. The van der Waals surface area contributed by atoms with Gasteiger partial charge in [0.05, 0.1) is 6.04 Å². The lowest BCUT2D eigenvalue weighted by atomic mass is 9.71. The van der Waals surface area contributed by atoms with Crippen LogP contribution < -0.4 is 0 Å². The Morgan fingerprint density at radius 3 is 2.00 bits per heavy atom. The van der Waals surface area contributed by atoms with Crippen LogP contribution in [0.1, 0.15) is 35.4 Å². The van der Waals surface area contributed by atoms with Gasteiger partial charge in [0.2, 0.25) is 0 Å². The minimum atomic E-state index is 0.316. The van der Waals surface area contributed by atoms with Crippen molar-refractivity contribution in [1.29, 1.82) is 0 Å². The second kappa shape index (κ2) is 8.30. The lowest BCUT2D eigenvalue weighted by Crippen LogP contribution is -2.59. The summed E-state index contributed by atoms with van der Waals surface area (Å²) in [6.07, 6.45) is 8.25. The molecule has 0 radical (unpaired) electrons. The molecule has 4 heterocycles. The molecule has 0 saturated carbocycles. The summed E-state index contributed by atoms with van der Waals surface area (Å²) in [5.74, 6) is 0.998. The van der Waals surface area contributed by atoms with Crippen molar-refractivity contribution in [3.8, 4) is 0 Å². The van der Waals surface area contributed by atoms with Crippen LogP contribution in [0.2, 0.25) is 0 Å². The van der Waals surface area contributed by atoms with Crippen LogP contribution >= 0.6 is 0 Å². The van der Waals surface area contributed by atoms with Crippen molar-refractivity contribution in [3.63, 3.8) is 0 Å². The zero-order valence-corrected chi connectivity index (χ0v) is 16.6. The van der Waals surface area contributed by atoms with Gasteiger partial charge in [-0.2, -0.15) is 0 Å². The Hall–Kier alpha value is -2.78. The van der Waals surface area contributed by atoms with Crippen LogP contribution in [0.3, 0.4) is 0 Å². The first-order valence-corrected chi connectivity index (χ1v) is 10.7. The Labute approximate surface area is 173 Å². The quantitative estimate of drug-likeness (QED) is 0.594. The second-order valence-electron chi connectivity index (χ2n) is 8.21. The van der Waals surface area contributed by atoms with E-state index in [0.29, 0.717) is 23.9 Å². The number of benzene rings is 2. The second-order valence-corrected chi connectivity index (χ2v) is 8.21. The summed E-state index contributed by atoms with van der Waals surface area (Å²) in [6, 6.07) is 26.8. The summed E-state index contributed by atoms with van der Waals surface area (Å²) < 4.78 is 0. The smallest absolute Gasteiger partial charge is 0.0693 e. The molecular formula is C26H27N3. The van der Waals surface area contributed by atoms with Crippen molar-refractivity contribution in [2.24, 2.45) is 10.9 Å². The number of pyridine rings is 1. The third kappa shape index (κ3) is 3.75. The van der Waals surface area contributed by atoms with Gasteiger partial charge in [-0.05, 0) is 60.7 Å². The Bertz CT molecular complexity index is 892. The summed E-state index contributed by atoms with van der Waals surface area (Å²) in [6.45, 7) is 2.37. The first kappa shape index (κ1) is 18.3. The van der Waals surface area contributed by atoms with Gasteiger partial charge in [0.15, 0.2) is 0 Å². The third-order valence-electron chi connectivity index (χ3n) is 6.59. The van der Waals surface area contributed by atoms with E-state index in [9.17, 15) is 0 Å². The van der Waals surface area contributed by atoms with Crippen LogP contribution in [0, 0.1) is 5.92 Å². The average molecular weight is 382 g/mol. The van der Waals surface area contributed by atoms with Gasteiger partial charge in [0, 0.05) is 30.6 Å². The fourth-order valence-corrected chi connectivity index (χ4v) is 5.20. The molecule has 2 aromatic carbocycles. The molecule has 6 rings (SSSR count). The standard InChI is InChI=1S/C26H27N3/c1-3-7-21(8-4-1)24(22-9-5-2-6-10-22)26-25(23-13-17-29(26)18-14-23)28-19-20-11-15-27-16-12-20/h1-12,15-16,19,23-26H,13-14,17-18H2. The van der Waals surface area contributed by atoms with E-state index < -0.39 is 0 Å². The van der Waals surface area contributed by atoms with Crippen molar-refractivity contribution in [1.82, 2.24) is 9.88 Å². The van der Waals surface area contributed by atoms with Crippen molar-refractivity contribution in [2.75, 3.05) is 13.1 Å². The summed E-state index contributed by atoms with van der Waals surface area (Å²) in [5.41, 5.74) is 3.91. The highest BCUT2D eigenvalue weighted by molar-refractivity contribution is 5.79. The highest BCUT2D eigenvalue weighted by Crippen LogP contribution is 2.43. The molecule has 3 nitrogen and oxygen atoms in total. The van der Waals surface area contributed by atoms with Gasteiger partial charge < -0.3 is 0 Å². The maximum atomic E-state index is 5.20. The molecule has 0 N–H and O–H groups in total. The molecule has 2 atom stereocenters. The number of hydrogen-bond donors (Lipinski definition) is 0. The molecule has 0 spiro atoms. The zero-order chi connectivity index (χ0) is 19.5. The summed E-state index contributed by atoms with van der Waals surface area (Å²) >= 11 is 0. The van der Waals surface area contributed by atoms with Crippen LogP contribution in [-0.4, -0.2) is 41.3 Å². The molecule has 1 aromatic heterocycles. The maximum absolute atomic E-state index is 5.20. The summed E-state index contributed by atoms with van der Waals surface area (Å²) in [7, 11) is 0. The van der Waals surface area contributed by atoms with Gasteiger partial charge in [-0.25, -0.2) is 0 Å². The molecule has 0 amide bonds. The van der Waals surface area contributed by atoms with Gasteiger partial charge in [0.25, 0.3) is 0 Å². The number of piperidine rings is 3. The van der Waals surface area contributed by atoms with Gasteiger partial charge >= 0.3 is 0 Å². The van der Waals surface area contributed by atoms with E-state index in [-0.39, 0.29) is 0 Å². The monoisotopic (exact) mass is 381 g/mol. The van der Waals surface area contributed by atoms with E-state index in [4.69, 9.17) is 4.99 Å². The summed E-state index contributed by atoms with van der Waals surface area (Å²) in [4.78, 5) is 12.0. The Morgan fingerprint density at radius 1 is 0.828 bits per heavy atom. The fourth-order valence-electron chi connectivity index (χ4n) is 5.20. The SMILES string of the molecule is C(=NC1C2CCN(CC2)C1C(c1ccccc1)c1ccccc1)c1ccncc1. The molecule has 2 bridgehead atoms. The van der Waals surface area contributed by atoms with Gasteiger partial charge in [0.1, 0.15) is 0 Å². The number of hydrogen-bond acceptors (Lipinski definition) is 3. The van der Waals surface area contributed by atoms with Gasteiger partial charge in [-0.15, -0.1) is 0 Å². The Kier molecular flexibility index (Phi) is 5.23. The number of aliphatic imine (C=N–C) groups is 1. The molecule has 0 aliphatic carbocycles. The molecule has 3 fully saturated rings. The minimum Gasteiger partial charge on any atom is -0.297 e. The number of nitrogens with zero attached hydrogens (tertiary/aromatic N) is 3. The Balaban J connectivity index is 1.56. The minimum absolute atomic E-state index is 0.316. The molecule has 3 saturated heterocycles. The maximum Gasteiger partial charge on any atom is 0.0693 e. The van der Waals surface area contributed by atoms with Crippen LogP contribution in [0.5, 0.6) is 0 Å². The van der Waals surface area contributed by atoms with E-state index in [1.807, 2.05) is 24.5 Å². The lowest BCUT2D eigenvalue weighted by molar-refractivity contribution is 0.0215. The molecule has 3 aliphatic heterocycles. The molecule has 2 unspecified atom stereocenters. The normalized spacial score (nSPS) is 26.2. The van der Waals surface area contributed by atoms with Crippen LogP contribution in [0.25, 0.3) is 0 Å². The molecule has 3 aromatic rings. The van der Waals surface area contributed by atoms with Crippen molar-refractivity contribution in [2.45, 2.75) is 30.8 Å². The molecule has 29 heavy (non-hydrogen) atoms. The predicted molar refractivity (Wildman–Crippen MR) is 118 cm³/mol. The number of rotatable bonds is 5. The number of fused-ring (bicyclic) bond motifs is 3. The van der Waals surface area contributed by atoms with Crippen LogP contribution in [0.4, 0.5) is 0 Å². The van der Waals surface area contributed by atoms with E-state index in [2.05, 4.69) is 76.8 Å². The van der Waals surface area contributed by atoms with Crippen LogP contribution in [-0.2, 0) is 0 Å². The van der Waals surface area contributed by atoms with Crippen molar-refractivity contribution < 1.29 is 0 Å². The van der Waals surface area contributed by atoms with Crippen molar-refractivity contribution in [3.05, 3.63) is 102 Å². The first-order chi connectivity index (χ1) is 14.4. The highest BCUT2D eigenvalue weighted by Gasteiger charge is 2.46. The molecule has 146 valence electrons. The van der Waals surface area contributed by atoms with E-state index >= 15 is 0 Å². The van der Waals surface area contributed by atoms with Crippen LogP contribution in [0.15, 0.2) is 90.2 Å². The zero-order valence-electron chi connectivity index (χ0n) is 16.6. The average Bonchev–Trinajstić information content (AvgIpc) is 2.81. The largest absolute Gasteiger partial charge is 0.297 e. The van der Waals surface area contributed by atoms with E-state index in [1.165, 1.54) is 37.1 Å². The molecular weight excluding hydrogens is 354 g/mol. The summed E-state index contributed by atoms with van der Waals surface area (Å²) in [5, 5.41) is 0. The van der Waals surface area contributed by atoms with Gasteiger partial charge in [-0.1, -0.05) is 60.7 Å². The molecule has 3 aliphatic rings. The fraction of sp³-hybridized carbons (Fsp3) is 0.308. The van der Waals surface area contributed by atoms with Gasteiger partial charge in [-0.3, -0.25) is 14.9 Å². The van der Waals surface area contributed by atoms with E-state index in [1.54, 1.807) is 0 Å². The lowest BCUT2D eigenvalue weighted by Gasteiger charge is -2.52. The van der Waals surface area contributed by atoms with Crippen molar-refractivity contribution >= 4 is 6.21 Å². The Morgan fingerprint density at radius 2 is 1.41 bits per heavy atom. The van der Waals surface area contributed by atoms with E-state index in [0.717, 1.165) is 5.56 Å². The third-order valence-corrected chi connectivity index (χ3v) is 6.59. The predicted octanol–water partition coefficient (Wildman–Crippen LogP) is 4.80. The number of aromatic nitrogens is 1.